The van der Waals surface area contributed by atoms with Gasteiger partial charge in [0.1, 0.15) is 18.1 Å². The second-order valence-electron chi connectivity index (χ2n) is 7.71. The number of hydrogen-bond donors (Lipinski definition) is 0. The molecule has 3 rings (SSSR count). The predicted octanol–water partition coefficient (Wildman–Crippen LogP) is 4.36. The van der Waals surface area contributed by atoms with Gasteiger partial charge in [-0.3, -0.25) is 4.90 Å². The summed E-state index contributed by atoms with van der Waals surface area (Å²) < 4.78 is 16.3. The summed E-state index contributed by atoms with van der Waals surface area (Å²) in [5.74, 6) is 1.69. The fraction of sp³-hybridized carbons (Fsp3) is 0.500. The molecular weight excluding hydrogens is 400 g/mol. The SMILES string of the molecule is COCCOc1ccc(CCN2CCN(c3ccc(Cl)c(OC)c3)CC2)c(C)c1C. The number of methoxy groups -OCH3 is 2. The lowest BCUT2D eigenvalue weighted by molar-refractivity contribution is 0.146. The van der Waals surface area contributed by atoms with Crippen LogP contribution in [0.25, 0.3) is 0 Å². The van der Waals surface area contributed by atoms with Crippen LogP contribution in [0.4, 0.5) is 5.69 Å². The molecule has 164 valence electrons. The smallest absolute Gasteiger partial charge is 0.139 e. The van der Waals surface area contributed by atoms with E-state index in [1.165, 1.54) is 22.4 Å². The first-order chi connectivity index (χ1) is 14.5. The van der Waals surface area contributed by atoms with Crippen LogP contribution in [-0.4, -0.2) is 65.1 Å². The third-order valence-corrected chi connectivity index (χ3v) is 6.28. The number of nitrogens with zero attached hydrogens (tertiary/aromatic N) is 2. The van der Waals surface area contributed by atoms with Gasteiger partial charge in [-0.05, 0) is 55.2 Å². The molecule has 0 radical (unpaired) electrons. The summed E-state index contributed by atoms with van der Waals surface area (Å²) >= 11 is 6.16. The Balaban J connectivity index is 1.51. The second kappa shape index (κ2) is 10.9. The Bertz CT molecular complexity index is 835. The zero-order chi connectivity index (χ0) is 21.5. The van der Waals surface area contributed by atoms with E-state index in [-0.39, 0.29) is 0 Å². The third kappa shape index (κ3) is 5.60. The fourth-order valence-electron chi connectivity index (χ4n) is 3.87. The van der Waals surface area contributed by atoms with Gasteiger partial charge in [-0.25, -0.2) is 0 Å². The van der Waals surface area contributed by atoms with Crippen molar-refractivity contribution in [1.29, 1.82) is 0 Å². The minimum atomic E-state index is 0.583. The highest BCUT2D eigenvalue weighted by Crippen LogP contribution is 2.30. The van der Waals surface area contributed by atoms with Gasteiger partial charge >= 0.3 is 0 Å². The van der Waals surface area contributed by atoms with Crippen LogP contribution in [0.5, 0.6) is 11.5 Å². The molecule has 1 fully saturated rings. The predicted molar refractivity (Wildman–Crippen MR) is 124 cm³/mol. The van der Waals surface area contributed by atoms with E-state index in [1.54, 1.807) is 14.2 Å². The highest BCUT2D eigenvalue weighted by Gasteiger charge is 2.18. The van der Waals surface area contributed by atoms with Crippen molar-refractivity contribution in [2.75, 3.05) is 65.1 Å². The molecule has 30 heavy (non-hydrogen) atoms. The van der Waals surface area contributed by atoms with Gasteiger partial charge in [0.15, 0.2) is 0 Å². The molecule has 1 heterocycles. The summed E-state index contributed by atoms with van der Waals surface area (Å²) in [4.78, 5) is 4.94. The maximum absolute atomic E-state index is 6.16. The lowest BCUT2D eigenvalue weighted by Gasteiger charge is -2.36. The summed E-state index contributed by atoms with van der Waals surface area (Å²) in [7, 11) is 3.35. The molecule has 0 spiro atoms. The zero-order valence-electron chi connectivity index (χ0n) is 18.5. The maximum atomic E-state index is 6.16. The number of ether oxygens (including phenoxy) is 3. The van der Waals surface area contributed by atoms with Crippen LogP contribution in [0, 0.1) is 13.8 Å². The average molecular weight is 433 g/mol. The minimum Gasteiger partial charge on any atom is -0.495 e. The molecule has 0 unspecified atom stereocenters. The van der Waals surface area contributed by atoms with Gasteiger partial charge < -0.3 is 19.1 Å². The van der Waals surface area contributed by atoms with Crippen molar-refractivity contribution in [1.82, 2.24) is 4.90 Å². The Morgan fingerprint density at radius 1 is 0.900 bits per heavy atom. The Morgan fingerprint density at radius 2 is 1.67 bits per heavy atom. The molecule has 2 aromatic rings. The first-order valence-corrected chi connectivity index (χ1v) is 10.9. The van der Waals surface area contributed by atoms with Gasteiger partial charge in [0.2, 0.25) is 0 Å². The van der Waals surface area contributed by atoms with E-state index in [9.17, 15) is 0 Å². The fourth-order valence-corrected chi connectivity index (χ4v) is 4.06. The highest BCUT2D eigenvalue weighted by molar-refractivity contribution is 6.32. The van der Waals surface area contributed by atoms with Crippen LogP contribution >= 0.6 is 11.6 Å². The highest BCUT2D eigenvalue weighted by atomic mass is 35.5. The Morgan fingerprint density at radius 3 is 2.37 bits per heavy atom. The molecular formula is C24H33ClN2O3. The molecule has 6 heteroatoms. The standard InChI is InChI=1S/C24H33ClN2O3/c1-18-19(2)23(30-16-15-28-3)8-5-20(18)9-10-26-11-13-27(14-12-26)21-6-7-22(25)24(17-21)29-4/h5-8,17H,9-16H2,1-4H3. The number of piperazine rings is 1. The van der Waals surface area contributed by atoms with Gasteiger partial charge in [-0.15, -0.1) is 0 Å². The molecule has 1 aliphatic heterocycles. The van der Waals surface area contributed by atoms with Gasteiger partial charge in [-0.2, -0.15) is 0 Å². The van der Waals surface area contributed by atoms with Crippen molar-refractivity contribution in [3.8, 4) is 11.5 Å². The normalized spacial score (nSPS) is 14.8. The Kier molecular flexibility index (Phi) is 8.25. The Labute approximate surface area is 185 Å². The summed E-state index contributed by atoms with van der Waals surface area (Å²) in [6.45, 7) is 10.7. The molecule has 1 aliphatic rings. The number of benzene rings is 2. The monoisotopic (exact) mass is 432 g/mol. The first kappa shape index (κ1) is 22.7. The van der Waals surface area contributed by atoms with Crippen molar-refractivity contribution < 1.29 is 14.2 Å². The van der Waals surface area contributed by atoms with Gasteiger partial charge in [0.25, 0.3) is 0 Å². The molecule has 5 nitrogen and oxygen atoms in total. The van der Waals surface area contributed by atoms with Crippen molar-refractivity contribution in [2.45, 2.75) is 20.3 Å². The van der Waals surface area contributed by atoms with Crippen LogP contribution in [0.15, 0.2) is 30.3 Å². The molecule has 0 atom stereocenters. The van der Waals surface area contributed by atoms with Crippen LogP contribution < -0.4 is 14.4 Å². The molecule has 1 saturated heterocycles. The number of rotatable bonds is 9. The molecule has 0 N–H and O–H groups in total. The zero-order valence-corrected chi connectivity index (χ0v) is 19.3. The molecule has 0 saturated carbocycles. The topological polar surface area (TPSA) is 34.2 Å². The quantitative estimate of drug-likeness (QED) is 0.550. The van der Waals surface area contributed by atoms with Crippen LogP contribution in [0.2, 0.25) is 5.02 Å². The number of anilines is 1. The maximum Gasteiger partial charge on any atom is 0.139 e. The third-order valence-electron chi connectivity index (χ3n) is 5.96. The van der Waals surface area contributed by atoms with Gasteiger partial charge in [-0.1, -0.05) is 17.7 Å². The second-order valence-corrected chi connectivity index (χ2v) is 8.12. The molecule has 0 amide bonds. The molecule has 0 bridgehead atoms. The first-order valence-electron chi connectivity index (χ1n) is 10.5. The van der Waals surface area contributed by atoms with E-state index in [0.29, 0.717) is 18.2 Å². The molecule has 0 aromatic heterocycles. The summed E-state index contributed by atoms with van der Waals surface area (Å²) in [5.41, 5.74) is 5.13. The molecule has 2 aromatic carbocycles. The lowest BCUT2D eigenvalue weighted by Crippen LogP contribution is -2.47. The van der Waals surface area contributed by atoms with Crippen molar-refractivity contribution in [3.05, 3.63) is 52.0 Å². The summed E-state index contributed by atoms with van der Waals surface area (Å²) in [5, 5.41) is 0.653. The van der Waals surface area contributed by atoms with Crippen LogP contribution in [0.1, 0.15) is 16.7 Å². The summed E-state index contributed by atoms with van der Waals surface area (Å²) in [6.07, 6.45) is 1.06. The average Bonchev–Trinajstić information content (AvgIpc) is 2.77. The van der Waals surface area contributed by atoms with Crippen LogP contribution in [0.3, 0.4) is 0 Å². The largest absolute Gasteiger partial charge is 0.495 e. The minimum absolute atomic E-state index is 0.583. The van der Waals surface area contributed by atoms with E-state index in [4.69, 9.17) is 25.8 Å². The summed E-state index contributed by atoms with van der Waals surface area (Å²) in [6, 6.07) is 10.3. The van der Waals surface area contributed by atoms with Crippen molar-refractivity contribution in [3.63, 3.8) is 0 Å². The lowest BCUT2D eigenvalue weighted by atomic mass is 9.99. The number of halogens is 1. The van der Waals surface area contributed by atoms with E-state index in [2.05, 4.69) is 41.8 Å². The van der Waals surface area contributed by atoms with E-state index >= 15 is 0 Å². The van der Waals surface area contributed by atoms with E-state index < -0.39 is 0 Å². The van der Waals surface area contributed by atoms with Crippen LogP contribution in [-0.2, 0) is 11.2 Å². The Hall–Kier alpha value is -1.95. The van der Waals surface area contributed by atoms with Crippen molar-refractivity contribution in [2.24, 2.45) is 0 Å². The van der Waals surface area contributed by atoms with Gasteiger partial charge in [0.05, 0.1) is 18.7 Å². The van der Waals surface area contributed by atoms with E-state index in [0.717, 1.165) is 50.6 Å². The number of hydrogen-bond acceptors (Lipinski definition) is 5. The van der Waals surface area contributed by atoms with E-state index in [1.807, 2.05) is 12.1 Å². The molecule has 0 aliphatic carbocycles. The van der Waals surface area contributed by atoms with Crippen molar-refractivity contribution >= 4 is 17.3 Å². The van der Waals surface area contributed by atoms with Gasteiger partial charge in [0, 0.05) is 51.6 Å².